The van der Waals surface area contributed by atoms with Crippen LogP contribution in [0.3, 0.4) is 0 Å². The van der Waals surface area contributed by atoms with E-state index in [0.717, 1.165) is 31.1 Å². The molecule has 2 aliphatic rings. The maximum absolute atomic E-state index is 4.55. The second-order valence-electron chi connectivity index (χ2n) is 8.31. The van der Waals surface area contributed by atoms with Crippen LogP contribution in [0.2, 0.25) is 0 Å². The molecule has 3 nitrogen and oxygen atoms in total. The molecule has 0 spiro atoms. The second kappa shape index (κ2) is 5.12. The highest BCUT2D eigenvalue weighted by molar-refractivity contribution is 5.12. The van der Waals surface area contributed by atoms with Gasteiger partial charge >= 0.3 is 0 Å². The van der Waals surface area contributed by atoms with E-state index in [4.69, 9.17) is 0 Å². The fourth-order valence-electron chi connectivity index (χ4n) is 5.19. The van der Waals surface area contributed by atoms with Gasteiger partial charge in [-0.3, -0.25) is 4.68 Å². The average molecular weight is 289 g/mol. The fraction of sp³-hybridized carbons (Fsp3) is 0.833. The van der Waals surface area contributed by atoms with Crippen LogP contribution in [-0.2, 0) is 6.54 Å². The molecule has 2 bridgehead atoms. The number of nitrogens with zero attached hydrogens (tertiary/aromatic N) is 2. The molecule has 1 N–H and O–H groups in total. The van der Waals surface area contributed by atoms with Crippen LogP contribution in [0.5, 0.6) is 0 Å². The summed E-state index contributed by atoms with van der Waals surface area (Å²) in [5.74, 6) is 0.927. The van der Waals surface area contributed by atoms with Gasteiger partial charge in [0.15, 0.2) is 0 Å². The van der Waals surface area contributed by atoms with E-state index in [1.807, 2.05) is 0 Å². The molecule has 0 amide bonds. The first kappa shape index (κ1) is 15.1. The Morgan fingerprint density at radius 1 is 1.33 bits per heavy atom. The Morgan fingerprint density at radius 2 is 2.10 bits per heavy atom. The van der Waals surface area contributed by atoms with Crippen molar-refractivity contribution in [3.63, 3.8) is 0 Å². The highest BCUT2D eigenvalue weighted by atomic mass is 15.3. The Labute approximate surface area is 129 Å². The van der Waals surface area contributed by atoms with E-state index in [9.17, 15) is 0 Å². The fourth-order valence-corrected chi connectivity index (χ4v) is 5.19. The third-order valence-corrected chi connectivity index (χ3v) is 6.27. The lowest BCUT2D eigenvalue weighted by atomic mass is 9.68. The van der Waals surface area contributed by atoms with Crippen LogP contribution in [0, 0.1) is 30.6 Å². The van der Waals surface area contributed by atoms with Crippen LogP contribution in [0.25, 0.3) is 0 Å². The van der Waals surface area contributed by atoms with E-state index in [2.05, 4.69) is 55.8 Å². The van der Waals surface area contributed by atoms with Crippen LogP contribution in [0.15, 0.2) is 6.07 Å². The van der Waals surface area contributed by atoms with E-state index in [-0.39, 0.29) is 0 Å². The smallest absolute Gasteiger partial charge is 0.0596 e. The van der Waals surface area contributed by atoms with Crippen molar-refractivity contribution in [3.05, 3.63) is 17.5 Å². The van der Waals surface area contributed by atoms with Gasteiger partial charge in [-0.25, -0.2) is 0 Å². The molecule has 21 heavy (non-hydrogen) atoms. The lowest BCUT2D eigenvalue weighted by Crippen LogP contribution is -2.50. The minimum absolute atomic E-state index is 0.463. The minimum Gasteiger partial charge on any atom is -0.313 e. The zero-order valence-corrected chi connectivity index (χ0v) is 14.4. The summed E-state index contributed by atoms with van der Waals surface area (Å²) < 4.78 is 2.14. The van der Waals surface area contributed by atoms with Gasteiger partial charge in [-0.15, -0.1) is 0 Å². The van der Waals surface area contributed by atoms with Crippen LogP contribution in [-0.4, -0.2) is 22.4 Å². The average Bonchev–Trinajstić information content (AvgIpc) is 2.97. The molecular formula is C18H31N3. The molecule has 3 atom stereocenters. The van der Waals surface area contributed by atoms with Gasteiger partial charge in [0.2, 0.25) is 0 Å². The SMILES string of the molecule is Cc1cc(C)n(CCCNC2C3(C)CCC(C3)C2(C)C)n1. The molecule has 0 radical (unpaired) electrons. The molecule has 3 rings (SSSR count). The molecule has 2 saturated carbocycles. The second-order valence-corrected chi connectivity index (χ2v) is 8.31. The van der Waals surface area contributed by atoms with Crippen molar-refractivity contribution in [1.82, 2.24) is 15.1 Å². The summed E-state index contributed by atoms with van der Waals surface area (Å²) in [7, 11) is 0. The molecule has 0 aliphatic heterocycles. The van der Waals surface area contributed by atoms with Crippen molar-refractivity contribution in [2.45, 2.75) is 72.9 Å². The van der Waals surface area contributed by atoms with E-state index in [0.29, 0.717) is 16.9 Å². The van der Waals surface area contributed by atoms with Gasteiger partial charge in [-0.2, -0.15) is 5.10 Å². The Kier molecular flexibility index (Phi) is 3.67. The molecule has 1 heterocycles. The molecule has 1 aromatic heterocycles. The van der Waals surface area contributed by atoms with Gasteiger partial charge in [0.25, 0.3) is 0 Å². The number of hydrogen-bond acceptors (Lipinski definition) is 2. The lowest BCUT2D eigenvalue weighted by molar-refractivity contribution is 0.109. The van der Waals surface area contributed by atoms with Gasteiger partial charge in [0.05, 0.1) is 5.69 Å². The zero-order valence-electron chi connectivity index (χ0n) is 14.4. The number of aryl methyl sites for hydroxylation is 3. The van der Waals surface area contributed by atoms with Gasteiger partial charge in [-0.05, 0) is 68.9 Å². The standard InChI is InChI=1S/C18H31N3/c1-13-11-14(2)21(20-13)10-6-9-19-16-17(3,4)15-7-8-18(16,5)12-15/h11,15-16,19H,6-10,12H2,1-5H3. The highest BCUT2D eigenvalue weighted by Crippen LogP contribution is 2.62. The molecular weight excluding hydrogens is 258 g/mol. The lowest BCUT2D eigenvalue weighted by Gasteiger charge is -2.43. The Bertz CT molecular complexity index is 512. The van der Waals surface area contributed by atoms with Gasteiger partial charge in [-0.1, -0.05) is 20.8 Å². The molecule has 2 aliphatic carbocycles. The van der Waals surface area contributed by atoms with E-state index in [1.165, 1.54) is 25.0 Å². The van der Waals surface area contributed by atoms with Crippen LogP contribution >= 0.6 is 0 Å². The van der Waals surface area contributed by atoms with Gasteiger partial charge in [0, 0.05) is 18.3 Å². The molecule has 0 aromatic carbocycles. The summed E-state index contributed by atoms with van der Waals surface area (Å²) in [6.45, 7) is 13.8. The molecule has 3 unspecified atom stereocenters. The summed E-state index contributed by atoms with van der Waals surface area (Å²) in [4.78, 5) is 0. The zero-order chi connectivity index (χ0) is 15.3. The van der Waals surface area contributed by atoms with E-state index < -0.39 is 0 Å². The summed E-state index contributed by atoms with van der Waals surface area (Å²) in [5, 5.41) is 8.45. The van der Waals surface area contributed by atoms with Crippen molar-refractivity contribution in [3.8, 4) is 0 Å². The third-order valence-electron chi connectivity index (χ3n) is 6.27. The van der Waals surface area contributed by atoms with E-state index in [1.54, 1.807) is 0 Å². The van der Waals surface area contributed by atoms with Crippen LogP contribution in [0.4, 0.5) is 0 Å². The number of nitrogens with one attached hydrogen (secondary N) is 1. The predicted molar refractivity (Wildman–Crippen MR) is 87.3 cm³/mol. The van der Waals surface area contributed by atoms with E-state index >= 15 is 0 Å². The summed E-state index contributed by atoms with van der Waals surface area (Å²) >= 11 is 0. The van der Waals surface area contributed by atoms with Gasteiger partial charge in [0.1, 0.15) is 0 Å². The van der Waals surface area contributed by atoms with Crippen molar-refractivity contribution in [2.75, 3.05) is 6.54 Å². The van der Waals surface area contributed by atoms with Crippen molar-refractivity contribution < 1.29 is 0 Å². The first-order chi connectivity index (χ1) is 9.83. The number of aromatic nitrogens is 2. The normalized spacial score (nSPS) is 33.8. The number of rotatable bonds is 5. The van der Waals surface area contributed by atoms with Crippen LogP contribution < -0.4 is 5.32 Å². The quantitative estimate of drug-likeness (QED) is 0.838. The molecule has 2 fully saturated rings. The molecule has 1 aromatic rings. The number of fused-ring (bicyclic) bond motifs is 2. The largest absolute Gasteiger partial charge is 0.313 e. The molecule has 3 heteroatoms. The molecule has 118 valence electrons. The topological polar surface area (TPSA) is 29.9 Å². The molecule has 0 saturated heterocycles. The van der Waals surface area contributed by atoms with Crippen LogP contribution in [0.1, 0.15) is 57.8 Å². The monoisotopic (exact) mass is 289 g/mol. The third kappa shape index (κ3) is 2.54. The first-order valence-electron chi connectivity index (χ1n) is 8.57. The number of hydrogen-bond donors (Lipinski definition) is 1. The minimum atomic E-state index is 0.463. The predicted octanol–water partition coefficient (Wildman–Crippen LogP) is 3.69. The maximum atomic E-state index is 4.55. The highest BCUT2D eigenvalue weighted by Gasteiger charge is 2.58. The summed E-state index contributed by atoms with van der Waals surface area (Å²) in [6, 6.07) is 2.84. The van der Waals surface area contributed by atoms with Gasteiger partial charge < -0.3 is 5.32 Å². The van der Waals surface area contributed by atoms with Crippen molar-refractivity contribution in [2.24, 2.45) is 16.7 Å². The first-order valence-corrected chi connectivity index (χ1v) is 8.57. The Balaban J connectivity index is 1.53. The Hall–Kier alpha value is -0.830. The van der Waals surface area contributed by atoms with Crippen molar-refractivity contribution >= 4 is 0 Å². The Morgan fingerprint density at radius 3 is 2.67 bits per heavy atom. The summed E-state index contributed by atoms with van der Waals surface area (Å²) in [5.41, 5.74) is 3.40. The summed E-state index contributed by atoms with van der Waals surface area (Å²) in [6.07, 6.45) is 5.44. The van der Waals surface area contributed by atoms with Crippen molar-refractivity contribution in [1.29, 1.82) is 0 Å². The maximum Gasteiger partial charge on any atom is 0.0596 e.